The van der Waals surface area contributed by atoms with Gasteiger partial charge in [0.2, 0.25) is 0 Å². The van der Waals surface area contributed by atoms with Gasteiger partial charge in [0.25, 0.3) is 0 Å². The van der Waals surface area contributed by atoms with Crippen LogP contribution in [0.3, 0.4) is 0 Å². The Balaban J connectivity index is 2.80. The maximum absolute atomic E-state index is 8.76. The minimum absolute atomic E-state index is 0.985. The highest BCUT2D eigenvalue weighted by molar-refractivity contribution is 8.03. The van der Waals surface area contributed by atoms with Crippen LogP contribution in [-0.4, -0.2) is 15.6 Å². The third-order valence-corrected chi connectivity index (χ3v) is 3.93. The molecule has 0 aliphatic heterocycles. The van der Waals surface area contributed by atoms with Gasteiger partial charge in [0.1, 0.15) is 5.40 Å². The molecule has 0 aliphatic carbocycles. The zero-order chi connectivity index (χ0) is 10.8. The Morgan fingerprint density at radius 1 is 1.53 bits per heavy atom. The van der Waals surface area contributed by atoms with Gasteiger partial charge in [-0.05, 0) is 18.7 Å². The fourth-order valence-electron chi connectivity index (χ4n) is 1.60. The molecular weight excluding hydrogens is 226 g/mol. The van der Waals surface area contributed by atoms with Crippen molar-refractivity contribution in [2.24, 2.45) is 0 Å². The summed E-state index contributed by atoms with van der Waals surface area (Å²) in [6.45, 7) is 2.04. The number of nitriles is 1. The number of fused-ring (bicyclic) bond motifs is 1. The first kappa shape index (κ1) is 10.4. The first-order chi connectivity index (χ1) is 7.29. The molecule has 5 heteroatoms. The molecule has 0 N–H and O–H groups in total. The molecule has 2 heterocycles. The van der Waals surface area contributed by atoms with Crippen LogP contribution in [0, 0.1) is 17.6 Å². The van der Waals surface area contributed by atoms with Crippen molar-refractivity contribution in [1.29, 1.82) is 5.26 Å². The standard InChI is InChI=1S/C10H9N3S2/c1-7-9(14-2)8-5-12-3-4-13(8)10(7)15-6-11/h3-5H,1-2H3. The second-order valence-electron chi connectivity index (χ2n) is 2.99. The summed E-state index contributed by atoms with van der Waals surface area (Å²) in [6, 6.07) is 0. The maximum atomic E-state index is 8.76. The van der Waals surface area contributed by atoms with E-state index >= 15 is 0 Å². The molecule has 0 saturated heterocycles. The molecule has 15 heavy (non-hydrogen) atoms. The molecule has 0 saturated carbocycles. The van der Waals surface area contributed by atoms with Crippen LogP contribution in [0.25, 0.3) is 5.52 Å². The van der Waals surface area contributed by atoms with E-state index in [-0.39, 0.29) is 0 Å². The number of hydrogen-bond acceptors (Lipinski definition) is 4. The van der Waals surface area contributed by atoms with Crippen LogP contribution in [0.5, 0.6) is 0 Å². The Bertz CT molecular complexity index is 539. The highest BCUT2D eigenvalue weighted by atomic mass is 32.2. The van der Waals surface area contributed by atoms with Crippen molar-refractivity contribution >= 4 is 29.0 Å². The van der Waals surface area contributed by atoms with Gasteiger partial charge in [-0.25, -0.2) is 0 Å². The zero-order valence-corrected chi connectivity index (χ0v) is 10.0. The van der Waals surface area contributed by atoms with Gasteiger partial charge in [0.05, 0.1) is 16.7 Å². The first-order valence-corrected chi connectivity index (χ1v) is 6.38. The summed E-state index contributed by atoms with van der Waals surface area (Å²) in [5, 5.41) is 11.9. The fourth-order valence-corrected chi connectivity index (χ4v) is 3.03. The molecule has 0 bridgehead atoms. The summed E-state index contributed by atoms with van der Waals surface area (Å²) in [6.07, 6.45) is 7.50. The summed E-state index contributed by atoms with van der Waals surface area (Å²) >= 11 is 2.88. The molecule has 2 aromatic heterocycles. The second kappa shape index (κ2) is 4.17. The van der Waals surface area contributed by atoms with E-state index in [1.807, 2.05) is 30.0 Å². The van der Waals surface area contributed by atoms with Crippen molar-refractivity contribution in [3.63, 3.8) is 0 Å². The summed E-state index contributed by atoms with van der Waals surface area (Å²) < 4.78 is 2.02. The van der Waals surface area contributed by atoms with Crippen molar-refractivity contribution < 1.29 is 0 Å². The van der Waals surface area contributed by atoms with Gasteiger partial charge >= 0.3 is 0 Å². The Labute approximate surface area is 96.5 Å². The van der Waals surface area contributed by atoms with E-state index in [1.165, 1.54) is 16.7 Å². The number of rotatable bonds is 2. The van der Waals surface area contributed by atoms with Gasteiger partial charge in [-0.2, -0.15) is 5.26 Å². The topological polar surface area (TPSA) is 41.1 Å². The molecule has 0 amide bonds. The molecule has 0 aliphatic rings. The van der Waals surface area contributed by atoms with Crippen LogP contribution in [0.1, 0.15) is 5.56 Å². The fraction of sp³-hybridized carbons (Fsp3) is 0.200. The van der Waals surface area contributed by atoms with E-state index in [1.54, 1.807) is 18.0 Å². The van der Waals surface area contributed by atoms with Crippen LogP contribution in [0.4, 0.5) is 0 Å². The van der Waals surface area contributed by atoms with Crippen molar-refractivity contribution in [1.82, 2.24) is 9.38 Å². The molecule has 0 radical (unpaired) electrons. The Hall–Kier alpha value is -1.12. The average Bonchev–Trinajstić information content (AvgIpc) is 2.53. The monoisotopic (exact) mass is 235 g/mol. The molecule has 76 valence electrons. The summed E-state index contributed by atoms with van der Waals surface area (Å²) in [7, 11) is 0. The minimum atomic E-state index is 0.985. The van der Waals surface area contributed by atoms with Crippen LogP contribution in [0.15, 0.2) is 28.5 Å². The smallest absolute Gasteiger partial charge is 0.140 e. The lowest BCUT2D eigenvalue weighted by Gasteiger charge is -1.96. The van der Waals surface area contributed by atoms with Gasteiger partial charge in [0, 0.05) is 29.1 Å². The number of aromatic nitrogens is 2. The number of hydrogen-bond donors (Lipinski definition) is 0. The van der Waals surface area contributed by atoms with Gasteiger partial charge in [-0.1, -0.05) is 0 Å². The molecule has 0 atom stereocenters. The Morgan fingerprint density at radius 2 is 2.33 bits per heavy atom. The van der Waals surface area contributed by atoms with E-state index in [4.69, 9.17) is 5.26 Å². The number of nitrogens with zero attached hydrogens (tertiary/aromatic N) is 3. The van der Waals surface area contributed by atoms with E-state index in [9.17, 15) is 0 Å². The van der Waals surface area contributed by atoms with Crippen LogP contribution in [-0.2, 0) is 0 Å². The Morgan fingerprint density at radius 3 is 3.00 bits per heavy atom. The van der Waals surface area contributed by atoms with Crippen LogP contribution in [0.2, 0.25) is 0 Å². The van der Waals surface area contributed by atoms with Gasteiger partial charge in [-0.3, -0.25) is 4.98 Å². The average molecular weight is 235 g/mol. The maximum Gasteiger partial charge on any atom is 0.140 e. The predicted molar refractivity (Wildman–Crippen MR) is 63.2 cm³/mol. The quantitative estimate of drug-likeness (QED) is 0.593. The lowest BCUT2D eigenvalue weighted by Crippen LogP contribution is -1.85. The Kier molecular flexibility index (Phi) is 2.89. The lowest BCUT2D eigenvalue weighted by molar-refractivity contribution is 1.01. The van der Waals surface area contributed by atoms with Crippen molar-refractivity contribution in [3.05, 3.63) is 24.2 Å². The summed E-state index contributed by atoms with van der Waals surface area (Å²) in [4.78, 5) is 5.30. The molecule has 2 rings (SSSR count). The van der Waals surface area contributed by atoms with Crippen molar-refractivity contribution in [3.8, 4) is 5.40 Å². The van der Waals surface area contributed by atoms with E-state index in [0.717, 1.165) is 16.1 Å². The summed E-state index contributed by atoms with van der Waals surface area (Å²) in [5.41, 5.74) is 2.22. The molecule has 2 aromatic rings. The van der Waals surface area contributed by atoms with E-state index < -0.39 is 0 Å². The molecule has 0 unspecified atom stereocenters. The molecule has 0 fully saturated rings. The third kappa shape index (κ3) is 1.60. The second-order valence-corrected chi connectivity index (χ2v) is 4.58. The minimum Gasteiger partial charge on any atom is -0.306 e. The van der Waals surface area contributed by atoms with Crippen molar-refractivity contribution in [2.75, 3.05) is 6.26 Å². The van der Waals surface area contributed by atoms with Crippen LogP contribution >= 0.6 is 23.5 Å². The van der Waals surface area contributed by atoms with Gasteiger partial charge in [-0.15, -0.1) is 11.8 Å². The van der Waals surface area contributed by atoms with E-state index in [0.29, 0.717) is 0 Å². The van der Waals surface area contributed by atoms with Gasteiger partial charge < -0.3 is 4.40 Å². The van der Waals surface area contributed by atoms with Crippen LogP contribution < -0.4 is 0 Å². The molecular formula is C10H9N3S2. The summed E-state index contributed by atoms with van der Waals surface area (Å²) in [5.74, 6) is 0. The van der Waals surface area contributed by atoms with E-state index in [2.05, 4.69) is 10.4 Å². The highest BCUT2D eigenvalue weighted by Gasteiger charge is 2.14. The first-order valence-electron chi connectivity index (χ1n) is 4.34. The highest BCUT2D eigenvalue weighted by Crippen LogP contribution is 2.34. The third-order valence-electron chi connectivity index (χ3n) is 2.22. The zero-order valence-electron chi connectivity index (χ0n) is 8.39. The molecule has 0 spiro atoms. The predicted octanol–water partition coefficient (Wildman–Crippen LogP) is 2.94. The normalized spacial score (nSPS) is 10.5. The molecule has 0 aromatic carbocycles. The van der Waals surface area contributed by atoms with Gasteiger partial charge in [0.15, 0.2) is 0 Å². The number of thioether (sulfide) groups is 2. The number of thiocyanates is 1. The largest absolute Gasteiger partial charge is 0.306 e. The molecule has 3 nitrogen and oxygen atoms in total. The SMILES string of the molecule is CSc1c(C)c(SC#N)n2ccncc12. The van der Waals surface area contributed by atoms with Crippen molar-refractivity contribution in [2.45, 2.75) is 16.8 Å². The lowest BCUT2D eigenvalue weighted by atomic mass is 10.4.